The van der Waals surface area contributed by atoms with Gasteiger partial charge in [-0.15, -0.1) is 0 Å². The summed E-state index contributed by atoms with van der Waals surface area (Å²) in [5, 5.41) is 4.55. The van der Waals surface area contributed by atoms with E-state index in [0.29, 0.717) is 18.5 Å². The Morgan fingerprint density at radius 3 is 2.15 bits per heavy atom. The molecule has 0 aliphatic heterocycles. The molecular weight excluding hydrogens is 456 g/mol. The molecule has 0 fully saturated rings. The van der Waals surface area contributed by atoms with Gasteiger partial charge in [0.25, 0.3) is 0 Å². The van der Waals surface area contributed by atoms with E-state index in [-0.39, 0.29) is 23.1 Å². The second-order valence-corrected chi connectivity index (χ2v) is 9.32. The quantitative estimate of drug-likeness (QED) is 0.347. The summed E-state index contributed by atoms with van der Waals surface area (Å²) in [7, 11) is -3.69. The minimum atomic E-state index is -3.69. The third kappa shape index (κ3) is 5.72. The van der Waals surface area contributed by atoms with Gasteiger partial charge in [-0.1, -0.05) is 42.5 Å². The van der Waals surface area contributed by atoms with E-state index in [0.717, 1.165) is 22.1 Å². The van der Waals surface area contributed by atoms with Crippen LogP contribution in [0.4, 0.5) is 8.78 Å². The number of nitrogens with one attached hydrogen (secondary N) is 2. The van der Waals surface area contributed by atoms with Gasteiger partial charge < -0.3 is 5.32 Å². The highest BCUT2D eigenvalue weighted by Crippen LogP contribution is 2.24. The predicted octanol–water partition coefficient (Wildman–Crippen LogP) is 4.51. The van der Waals surface area contributed by atoms with Crippen molar-refractivity contribution in [3.8, 4) is 0 Å². The first-order chi connectivity index (χ1) is 16.4. The highest BCUT2D eigenvalue weighted by atomic mass is 32.2. The van der Waals surface area contributed by atoms with Gasteiger partial charge >= 0.3 is 0 Å². The molecule has 4 aromatic rings. The Kier molecular flexibility index (Phi) is 7.42. The first-order valence-corrected chi connectivity index (χ1v) is 12.2. The van der Waals surface area contributed by atoms with Crippen LogP contribution in [0.3, 0.4) is 0 Å². The minimum Gasteiger partial charge on any atom is -0.312 e. The number of halogens is 2. The van der Waals surface area contributed by atoms with E-state index in [2.05, 4.69) is 15.0 Å². The molecule has 4 rings (SSSR count). The van der Waals surface area contributed by atoms with Crippen molar-refractivity contribution in [2.24, 2.45) is 0 Å². The van der Waals surface area contributed by atoms with Gasteiger partial charge in [0.15, 0.2) is 0 Å². The molecule has 0 aliphatic carbocycles. The van der Waals surface area contributed by atoms with Crippen LogP contribution in [-0.2, 0) is 10.0 Å². The Morgan fingerprint density at radius 2 is 1.50 bits per heavy atom. The first-order valence-electron chi connectivity index (χ1n) is 10.7. The minimum absolute atomic E-state index is 0.195. The first kappa shape index (κ1) is 23.7. The molecule has 8 heteroatoms. The molecule has 1 heterocycles. The molecule has 34 heavy (non-hydrogen) atoms. The van der Waals surface area contributed by atoms with Crippen molar-refractivity contribution in [1.82, 2.24) is 15.0 Å². The molecule has 5 nitrogen and oxygen atoms in total. The number of hydrogen-bond acceptors (Lipinski definition) is 4. The number of rotatable bonds is 9. The molecule has 2 N–H and O–H groups in total. The largest absolute Gasteiger partial charge is 0.312 e. The van der Waals surface area contributed by atoms with Crippen molar-refractivity contribution in [1.29, 1.82) is 0 Å². The van der Waals surface area contributed by atoms with Crippen LogP contribution in [0, 0.1) is 11.6 Å². The monoisotopic (exact) mass is 479 g/mol. The standard InChI is InChI=1S/C26H23F2N3O2S/c27-22-8-4-19(5-9-22)24(20-6-10-23(28)11-7-20)12-14-29-16-17-31-34(32,33)26-3-1-2-21-18-30-15-13-25(21)26/h1-13,15,18,29,31H,14,16-17H2. The van der Waals surface area contributed by atoms with E-state index in [1.54, 1.807) is 54.9 Å². The summed E-state index contributed by atoms with van der Waals surface area (Å²) in [6, 6.07) is 18.9. The lowest BCUT2D eigenvalue weighted by molar-refractivity contribution is 0.579. The normalized spacial score (nSPS) is 11.5. The summed E-state index contributed by atoms with van der Waals surface area (Å²) >= 11 is 0. The van der Waals surface area contributed by atoms with Crippen molar-refractivity contribution in [2.45, 2.75) is 4.90 Å². The smallest absolute Gasteiger partial charge is 0.241 e. The van der Waals surface area contributed by atoms with Gasteiger partial charge in [0, 0.05) is 42.8 Å². The van der Waals surface area contributed by atoms with E-state index >= 15 is 0 Å². The van der Waals surface area contributed by atoms with Crippen molar-refractivity contribution in [3.63, 3.8) is 0 Å². The maximum Gasteiger partial charge on any atom is 0.241 e. The SMILES string of the molecule is O=S(=O)(NCCNCC=C(c1ccc(F)cc1)c1ccc(F)cc1)c1cccc2cnccc12. The molecular formula is C26H23F2N3O2S. The van der Waals surface area contributed by atoms with Crippen LogP contribution in [0.5, 0.6) is 0 Å². The Bertz CT molecular complexity index is 1350. The van der Waals surface area contributed by atoms with Crippen molar-refractivity contribution in [2.75, 3.05) is 19.6 Å². The van der Waals surface area contributed by atoms with E-state index < -0.39 is 10.0 Å². The average Bonchev–Trinajstić information content (AvgIpc) is 2.85. The molecule has 0 amide bonds. The van der Waals surface area contributed by atoms with Gasteiger partial charge in [0.1, 0.15) is 11.6 Å². The number of nitrogens with zero attached hydrogens (tertiary/aromatic N) is 1. The zero-order valence-corrected chi connectivity index (χ0v) is 19.0. The van der Waals surface area contributed by atoms with E-state index in [4.69, 9.17) is 0 Å². The summed E-state index contributed by atoms with van der Waals surface area (Å²) in [4.78, 5) is 4.24. The van der Waals surface area contributed by atoms with Gasteiger partial charge in [0.05, 0.1) is 4.90 Å². The number of aromatic nitrogens is 1. The molecule has 0 spiro atoms. The highest BCUT2D eigenvalue weighted by Gasteiger charge is 2.16. The zero-order chi connectivity index (χ0) is 24.0. The molecule has 0 radical (unpaired) electrons. The Hall–Kier alpha value is -3.46. The molecule has 0 saturated carbocycles. The topological polar surface area (TPSA) is 71.1 Å². The summed E-state index contributed by atoms with van der Waals surface area (Å²) in [6.45, 7) is 1.02. The fraction of sp³-hybridized carbons (Fsp3) is 0.115. The lowest BCUT2D eigenvalue weighted by Crippen LogP contribution is -2.32. The number of hydrogen-bond donors (Lipinski definition) is 2. The van der Waals surface area contributed by atoms with Crippen molar-refractivity contribution >= 4 is 26.4 Å². The molecule has 0 saturated heterocycles. The predicted molar refractivity (Wildman–Crippen MR) is 130 cm³/mol. The van der Waals surface area contributed by atoms with E-state index in [1.165, 1.54) is 24.3 Å². The molecule has 174 valence electrons. The summed E-state index contributed by atoms with van der Waals surface area (Å²) in [6.07, 6.45) is 5.10. The second kappa shape index (κ2) is 10.6. The van der Waals surface area contributed by atoms with Crippen LogP contribution in [0.2, 0.25) is 0 Å². The van der Waals surface area contributed by atoms with E-state index in [1.807, 2.05) is 12.1 Å². The third-order valence-corrected chi connectivity index (χ3v) is 6.80. The van der Waals surface area contributed by atoms with Crippen molar-refractivity contribution < 1.29 is 17.2 Å². The van der Waals surface area contributed by atoms with Gasteiger partial charge in [-0.3, -0.25) is 4.98 Å². The van der Waals surface area contributed by atoms with Crippen LogP contribution < -0.4 is 10.0 Å². The third-order valence-electron chi connectivity index (χ3n) is 5.29. The zero-order valence-electron chi connectivity index (χ0n) is 18.2. The van der Waals surface area contributed by atoms with E-state index in [9.17, 15) is 17.2 Å². The second-order valence-electron chi connectivity index (χ2n) is 7.59. The molecule has 3 aromatic carbocycles. The fourth-order valence-electron chi connectivity index (χ4n) is 3.62. The summed E-state index contributed by atoms with van der Waals surface area (Å²) in [5.74, 6) is -0.676. The van der Waals surface area contributed by atoms with Crippen LogP contribution in [0.1, 0.15) is 11.1 Å². The fourth-order valence-corrected chi connectivity index (χ4v) is 4.88. The summed E-state index contributed by atoms with van der Waals surface area (Å²) < 4.78 is 54.9. The lowest BCUT2D eigenvalue weighted by Gasteiger charge is -2.11. The summed E-state index contributed by atoms with van der Waals surface area (Å²) in [5.41, 5.74) is 2.40. The molecule has 0 unspecified atom stereocenters. The Morgan fingerprint density at radius 1 is 0.853 bits per heavy atom. The number of pyridine rings is 1. The van der Waals surface area contributed by atoms with Crippen molar-refractivity contribution in [3.05, 3.63) is 114 Å². The molecule has 0 atom stereocenters. The molecule has 0 bridgehead atoms. The number of sulfonamides is 1. The Balaban J connectivity index is 1.39. The maximum absolute atomic E-state index is 13.4. The van der Waals surface area contributed by atoms with Gasteiger partial charge in [-0.05, 0) is 53.1 Å². The average molecular weight is 480 g/mol. The maximum atomic E-state index is 13.4. The molecule has 0 aliphatic rings. The van der Waals surface area contributed by atoms with Gasteiger partial charge in [-0.2, -0.15) is 0 Å². The van der Waals surface area contributed by atoms with Crippen LogP contribution in [-0.4, -0.2) is 33.0 Å². The highest BCUT2D eigenvalue weighted by molar-refractivity contribution is 7.89. The number of benzene rings is 3. The number of fused-ring (bicyclic) bond motifs is 1. The molecule has 1 aromatic heterocycles. The van der Waals surface area contributed by atoms with Crippen LogP contribution in [0.25, 0.3) is 16.3 Å². The van der Waals surface area contributed by atoms with Crippen LogP contribution in [0.15, 0.2) is 96.2 Å². The Labute approximate surface area is 197 Å². The lowest BCUT2D eigenvalue weighted by atomic mass is 9.97. The van der Waals surface area contributed by atoms with Crippen LogP contribution >= 0.6 is 0 Å². The van der Waals surface area contributed by atoms with Gasteiger partial charge in [0.2, 0.25) is 10.0 Å². The van der Waals surface area contributed by atoms with Gasteiger partial charge in [-0.25, -0.2) is 21.9 Å².